The van der Waals surface area contributed by atoms with Crippen LogP contribution in [0.4, 0.5) is 0 Å². The summed E-state index contributed by atoms with van der Waals surface area (Å²) in [5.41, 5.74) is 3.67. The van der Waals surface area contributed by atoms with E-state index >= 15 is 0 Å². The van der Waals surface area contributed by atoms with E-state index in [1.165, 1.54) is 27.5 Å². The number of benzene rings is 1. The average Bonchev–Trinajstić information content (AvgIpc) is 2.82. The van der Waals surface area contributed by atoms with Crippen LogP contribution in [-0.4, -0.2) is 16.1 Å². The quantitative estimate of drug-likeness (QED) is 0.898. The van der Waals surface area contributed by atoms with Crippen molar-refractivity contribution in [2.24, 2.45) is 0 Å². The number of hydrogen-bond acceptors (Lipinski definition) is 4. The SMILES string of the molecule is CCNC(c1ccc(CC)cc1)c1snnc1C. The first kappa shape index (κ1) is 13.2. The smallest absolute Gasteiger partial charge is 0.0776 e. The maximum Gasteiger partial charge on any atom is 0.0776 e. The van der Waals surface area contributed by atoms with Gasteiger partial charge in [0.2, 0.25) is 0 Å². The van der Waals surface area contributed by atoms with Gasteiger partial charge in [0.15, 0.2) is 0 Å². The second-order valence-electron chi connectivity index (χ2n) is 4.31. The number of nitrogens with one attached hydrogen (secondary N) is 1. The first-order valence-electron chi connectivity index (χ1n) is 6.37. The lowest BCUT2D eigenvalue weighted by Crippen LogP contribution is -2.21. The monoisotopic (exact) mass is 261 g/mol. The molecule has 0 aliphatic rings. The van der Waals surface area contributed by atoms with Crippen molar-refractivity contribution in [2.45, 2.75) is 33.2 Å². The Balaban J connectivity index is 2.32. The van der Waals surface area contributed by atoms with Crippen molar-refractivity contribution in [1.29, 1.82) is 0 Å². The molecule has 1 atom stereocenters. The molecule has 0 saturated heterocycles. The van der Waals surface area contributed by atoms with Crippen molar-refractivity contribution < 1.29 is 0 Å². The maximum atomic E-state index is 4.11. The fourth-order valence-electron chi connectivity index (χ4n) is 2.01. The van der Waals surface area contributed by atoms with Crippen molar-refractivity contribution in [2.75, 3.05) is 6.54 Å². The average molecular weight is 261 g/mol. The van der Waals surface area contributed by atoms with Gasteiger partial charge in [-0.3, -0.25) is 0 Å². The summed E-state index contributed by atoms with van der Waals surface area (Å²) < 4.78 is 4.04. The molecule has 0 bridgehead atoms. The largest absolute Gasteiger partial charge is 0.306 e. The minimum absolute atomic E-state index is 0.209. The highest BCUT2D eigenvalue weighted by atomic mass is 32.1. The molecule has 1 unspecified atom stereocenters. The van der Waals surface area contributed by atoms with Crippen LogP contribution in [0.25, 0.3) is 0 Å². The second-order valence-corrected chi connectivity index (χ2v) is 5.09. The van der Waals surface area contributed by atoms with Gasteiger partial charge in [-0.1, -0.05) is 42.6 Å². The van der Waals surface area contributed by atoms with Crippen molar-refractivity contribution in [3.8, 4) is 0 Å². The Bertz CT molecular complexity index is 490. The zero-order valence-corrected chi connectivity index (χ0v) is 11.9. The molecular formula is C14H19N3S. The summed E-state index contributed by atoms with van der Waals surface area (Å²) in [5.74, 6) is 0. The van der Waals surface area contributed by atoms with Gasteiger partial charge in [0.1, 0.15) is 0 Å². The minimum Gasteiger partial charge on any atom is -0.306 e. The summed E-state index contributed by atoms with van der Waals surface area (Å²) in [6.45, 7) is 7.24. The molecule has 0 saturated carbocycles. The molecular weight excluding hydrogens is 242 g/mol. The summed E-state index contributed by atoms with van der Waals surface area (Å²) in [5, 5.41) is 7.62. The predicted octanol–water partition coefficient (Wildman–Crippen LogP) is 3.11. The van der Waals surface area contributed by atoms with E-state index in [-0.39, 0.29) is 6.04 Å². The maximum absolute atomic E-state index is 4.11. The first-order valence-corrected chi connectivity index (χ1v) is 7.14. The molecule has 4 heteroatoms. The summed E-state index contributed by atoms with van der Waals surface area (Å²) in [4.78, 5) is 1.21. The normalized spacial score (nSPS) is 12.6. The molecule has 0 aliphatic heterocycles. The summed E-state index contributed by atoms with van der Waals surface area (Å²) in [7, 11) is 0. The molecule has 1 heterocycles. The Morgan fingerprint density at radius 2 is 1.94 bits per heavy atom. The molecule has 2 rings (SSSR count). The number of rotatable bonds is 5. The lowest BCUT2D eigenvalue weighted by atomic mass is 10.0. The molecule has 0 fully saturated rings. The van der Waals surface area contributed by atoms with E-state index in [1.54, 1.807) is 0 Å². The third-order valence-electron chi connectivity index (χ3n) is 3.08. The van der Waals surface area contributed by atoms with Gasteiger partial charge in [-0.2, -0.15) is 0 Å². The van der Waals surface area contributed by atoms with E-state index in [9.17, 15) is 0 Å². The standard InChI is InChI=1S/C14H19N3S/c1-4-11-6-8-12(9-7-11)13(15-5-2)14-10(3)16-17-18-14/h6-9,13,15H,4-5H2,1-3H3. The highest BCUT2D eigenvalue weighted by Gasteiger charge is 2.18. The van der Waals surface area contributed by atoms with Crippen LogP contribution in [-0.2, 0) is 6.42 Å². The number of aryl methyl sites for hydroxylation is 2. The first-order chi connectivity index (χ1) is 8.76. The van der Waals surface area contributed by atoms with E-state index in [0.29, 0.717) is 0 Å². The molecule has 0 radical (unpaired) electrons. The van der Waals surface area contributed by atoms with Gasteiger partial charge in [-0.25, -0.2) is 0 Å². The molecule has 18 heavy (non-hydrogen) atoms. The molecule has 96 valence electrons. The van der Waals surface area contributed by atoms with E-state index in [2.05, 4.69) is 53.0 Å². The molecule has 1 aromatic heterocycles. The van der Waals surface area contributed by atoms with Crippen LogP contribution in [0, 0.1) is 6.92 Å². The third kappa shape index (κ3) is 2.76. The Labute approximate surface area is 112 Å². The number of hydrogen-bond donors (Lipinski definition) is 1. The lowest BCUT2D eigenvalue weighted by molar-refractivity contribution is 0.635. The topological polar surface area (TPSA) is 37.8 Å². The molecule has 2 aromatic rings. The Morgan fingerprint density at radius 3 is 2.44 bits per heavy atom. The Morgan fingerprint density at radius 1 is 1.22 bits per heavy atom. The number of aromatic nitrogens is 2. The zero-order valence-electron chi connectivity index (χ0n) is 11.1. The van der Waals surface area contributed by atoms with E-state index in [1.807, 2.05) is 6.92 Å². The molecule has 0 amide bonds. The van der Waals surface area contributed by atoms with Crippen molar-refractivity contribution in [3.05, 3.63) is 46.0 Å². The summed E-state index contributed by atoms with van der Waals surface area (Å²) in [6, 6.07) is 9.00. The van der Waals surface area contributed by atoms with Crippen LogP contribution in [0.3, 0.4) is 0 Å². The zero-order chi connectivity index (χ0) is 13.0. The molecule has 3 nitrogen and oxygen atoms in total. The molecule has 0 aliphatic carbocycles. The number of nitrogens with zero attached hydrogens (tertiary/aromatic N) is 2. The van der Waals surface area contributed by atoms with Crippen LogP contribution in [0.1, 0.15) is 41.6 Å². The van der Waals surface area contributed by atoms with Crippen molar-refractivity contribution in [3.63, 3.8) is 0 Å². The minimum atomic E-state index is 0.209. The van der Waals surface area contributed by atoms with Crippen LogP contribution in [0.15, 0.2) is 24.3 Å². The van der Waals surface area contributed by atoms with Gasteiger partial charge in [0.25, 0.3) is 0 Å². The van der Waals surface area contributed by atoms with Crippen LogP contribution in [0.2, 0.25) is 0 Å². The van der Waals surface area contributed by atoms with Crippen molar-refractivity contribution >= 4 is 11.5 Å². The predicted molar refractivity (Wildman–Crippen MR) is 76.0 cm³/mol. The molecule has 1 N–H and O–H groups in total. The van der Waals surface area contributed by atoms with Crippen LogP contribution in [0.5, 0.6) is 0 Å². The second kappa shape index (κ2) is 6.07. The van der Waals surface area contributed by atoms with Crippen LogP contribution >= 0.6 is 11.5 Å². The third-order valence-corrected chi connectivity index (χ3v) is 3.97. The van der Waals surface area contributed by atoms with Crippen molar-refractivity contribution in [1.82, 2.24) is 14.9 Å². The van der Waals surface area contributed by atoms with Gasteiger partial charge in [-0.05, 0) is 42.5 Å². The fourth-order valence-corrected chi connectivity index (χ4v) is 2.76. The fraction of sp³-hybridized carbons (Fsp3) is 0.429. The summed E-state index contributed by atoms with van der Waals surface area (Å²) >= 11 is 1.48. The van der Waals surface area contributed by atoms with Crippen LogP contribution < -0.4 is 5.32 Å². The van der Waals surface area contributed by atoms with Gasteiger partial charge < -0.3 is 5.32 Å². The summed E-state index contributed by atoms with van der Waals surface area (Å²) in [6.07, 6.45) is 1.08. The van der Waals surface area contributed by atoms with Gasteiger partial charge in [-0.15, -0.1) is 5.10 Å². The van der Waals surface area contributed by atoms with Gasteiger partial charge >= 0.3 is 0 Å². The molecule has 0 spiro atoms. The Hall–Kier alpha value is -1.26. The Kier molecular flexibility index (Phi) is 4.44. The highest BCUT2D eigenvalue weighted by Crippen LogP contribution is 2.26. The highest BCUT2D eigenvalue weighted by molar-refractivity contribution is 7.05. The molecule has 1 aromatic carbocycles. The van der Waals surface area contributed by atoms with E-state index < -0.39 is 0 Å². The van der Waals surface area contributed by atoms with E-state index in [4.69, 9.17) is 0 Å². The van der Waals surface area contributed by atoms with Gasteiger partial charge in [0.05, 0.1) is 16.6 Å². The lowest BCUT2D eigenvalue weighted by Gasteiger charge is -2.17. The van der Waals surface area contributed by atoms with Gasteiger partial charge in [0, 0.05) is 0 Å². The van der Waals surface area contributed by atoms with E-state index in [0.717, 1.165) is 18.7 Å².